The van der Waals surface area contributed by atoms with Gasteiger partial charge >= 0.3 is 0 Å². The Bertz CT molecular complexity index is 1580. The van der Waals surface area contributed by atoms with Gasteiger partial charge in [0.2, 0.25) is 0 Å². The highest BCUT2D eigenvalue weighted by atomic mass is 16.3. The van der Waals surface area contributed by atoms with E-state index in [9.17, 15) is 5.11 Å². The van der Waals surface area contributed by atoms with Gasteiger partial charge in [-0.05, 0) is 84.6 Å². The Hall–Kier alpha value is -3.86. The Morgan fingerprint density at radius 2 is 1.40 bits per heavy atom. The van der Waals surface area contributed by atoms with Crippen molar-refractivity contribution in [2.45, 2.75) is 31.8 Å². The molecule has 0 amide bonds. The minimum Gasteiger partial charge on any atom is -0.380 e. The van der Waals surface area contributed by atoms with Crippen LogP contribution in [0.3, 0.4) is 0 Å². The molecule has 1 unspecified atom stereocenters. The van der Waals surface area contributed by atoms with Crippen LogP contribution >= 0.6 is 0 Å². The van der Waals surface area contributed by atoms with Crippen molar-refractivity contribution in [1.29, 1.82) is 0 Å². The highest BCUT2D eigenvalue weighted by Gasteiger charge is 2.32. The average Bonchev–Trinajstić information content (AvgIpc) is 3.01. The third-order valence-electron chi connectivity index (χ3n) is 8.11. The van der Waals surface area contributed by atoms with Crippen molar-refractivity contribution in [1.82, 2.24) is 9.80 Å². The van der Waals surface area contributed by atoms with Crippen LogP contribution in [0.25, 0.3) is 12.7 Å². The lowest BCUT2D eigenvalue weighted by molar-refractivity contribution is 0.0620. The fourth-order valence-electron chi connectivity index (χ4n) is 5.39. The highest BCUT2D eigenvalue weighted by Crippen LogP contribution is 2.30. The molecule has 42 heavy (non-hydrogen) atoms. The van der Waals surface area contributed by atoms with E-state index in [4.69, 9.17) is 7.85 Å². The molecule has 0 bridgehead atoms. The Labute approximate surface area is 253 Å². The molecule has 4 aromatic rings. The normalized spacial score (nSPS) is 14.0. The van der Waals surface area contributed by atoms with Crippen molar-refractivity contribution in [3.05, 3.63) is 147 Å². The maximum absolute atomic E-state index is 12.3. The number of nitrogens with zero attached hydrogens (tertiary/aromatic N) is 2. The zero-order chi connectivity index (χ0) is 30.1. The van der Waals surface area contributed by atoms with E-state index in [0.29, 0.717) is 18.4 Å². The molecule has 214 valence electrons. The molecule has 1 atom stereocenters. The summed E-state index contributed by atoms with van der Waals surface area (Å²) in [6, 6.07) is 34.9. The summed E-state index contributed by atoms with van der Waals surface area (Å²) in [6.07, 6.45) is 4.46. The molecule has 4 rings (SSSR count). The molecule has 0 saturated heterocycles. The molecule has 3 nitrogen and oxygen atoms in total. The molecule has 1 N–H and O–H groups in total. The predicted molar refractivity (Wildman–Crippen MR) is 179 cm³/mol. The van der Waals surface area contributed by atoms with Crippen molar-refractivity contribution in [3.8, 4) is 0 Å². The lowest BCUT2D eigenvalue weighted by Gasteiger charge is -2.31. The molecular weight excluding hydrogens is 511 g/mol. The number of likely N-dealkylation sites (N-methyl/N-ethyl adjacent to an activating group) is 1. The minimum absolute atomic E-state index is 0.517. The fourth-order valence-corrected chi connectivity index (χ4v) is 5.39. The summed E-state index contributed by atoms with van der Waals surface area (Å²) in [7, 11) is 12.7. The zero-order valence-electron chi connectivity index (χ0n) is 25.6. The van der Waals surface area contributed by atoms with Gasteiger partial charge in [-0.15, -0.1) is 0 Å². The smallest absolute Gasteiger partial charge is 0.116 e. The molecule has 2 radical (unpaired) electrons. The Morgan fingerprint density at radius 1 is 0.833 bits per heavy atom. The number of benzene rings is 4. The molecule has 0 aliphatic rings. The van der Waals surface area contributed by atoms with Crippen molar-refractivity contribution in [2.75, 3.05) is 34.2 Å². The number of hydrogen-bond acceptors (Lipinski definition) is 3. The van der Waals surface area contributed by atoms with Gasteiger partial charge in [-0.1, -0.05) is 115 Å². The second-order valence-electron chi connectivity index (χ2n) is 11.5. The lowest BCUT2D eigenvalue weighted by Crippen LogP contribution is -2.42. The molecule has 0 fully saturated rings. The van der Waals surface area contributed by atoms with E-state index >= 15 is 0 Å². The standard InChI is InChI=1S/C38H43BN2O/c1-29-33(27-36(39)28-37(29)38(42,22-24-40(3)4)35-19-13-8-14-20-35)26-34(25-32-17-11-7-12-18-32)30(2)41(5)23-21-31-15-9-6-10-16-31/h6-20,26-28,42H,1,21-25H2,2-5H3/b33-26-,34-30+. The maximum atomic E-state index is 12.3. The zero-order valence-corrected chi connectivity index (χ0v) is 25.6. The molecule has 0 aliphatic carbocycles. The van der Waals surface area contributed by atoms with Crippen LogP contribution < -0.4 is 15.9 Å². The quantitative estimate of drug-likeness (QED) is 0.261. The molecular formula is C38H43BN2O. The van der Waals surface area contributed by atoms with Crippen LogP contribution in [0.2, 0.25) is 0 Å². The lowest BCUT2D eigenvalue weighted by atomic mass is 9.79. The largest absolute Gasteiger partial charge is 0.380 e. The van der Waals surface area contributed by atoms with E-state index in [0.717, 1.165) is 41.0 Å². The van der Waals surface area contributed by atoms with Gasteiger partial charge in [-0.25, -0.2) is 0 Å². The first-order chi connectivity index (χ1) is 20.2. The summed E-state index contributed by atoms with van der Waals surface area (Å²) in [6.45, 7) is 8.33. The Kier molecular flexibility index (Phi) is 10.6. The number of aliphatic hydroxyl groups is 1. The van der Waals surface area contributed by atoms with Crippen LogP contribution in [0.5, 0.6) is 0 Å². The van der Waals surface area contributed by atoms with Crippen LogP contribution in [0.1, 0.15) is 35.6 Å². The second kappa shape index (κ2) is 14.4. The summed E-state index contributed by atoms with van der Waals surface area (Å²) in [4.78, 5) is 4.42. The van der Waals surface area contributed by atoms with Crippen LogP contribution in [-0.2, 0) is 18.4 Å². The molecule has 0 aliphatic heterocycles. The van der Waals surface area contributed by atoms with Gasteiger partial charge in [0.25, 0.3) is 0 Å². The number of hydrogen-bond donors (Lipinski definition) is 1. The molecule has 4 heteroatoms. The summed E-state index contributed by atoms with van der Waals surface area (Å²) in [5.74, 6) is 0. The first-order valence-electron chi connectivity index (χ1n) is 14.7. The van der Waals surface area contributed by atoms with E-state index in [1.165, 1.54) is 22.4 Å². The first-order valence-corrected chi connectivity index (χ1v) is 14.7. The van der Waals surface area contributed by atoms with Gasteiger partial charge in [0.05, 0.1) is 0 Å². The van der Waals surface area contributed by atoms with Gasteiger partial charge in [-0.2, -0.15) is 0 Å². The second-order valence-corrected chi connectivity index (χ2v) is 11.5. The fraction of sp³-hybridized carbons (Fsp3) is 0.263. The Morgan fingerprint density at radius 3 is 2.00 bits per heavy atom. The van der Waals surface area contributed by atoms with Gasteiger partial charge in [-0.3, -0.25) is 0 Å². The van der Waals surface area contributed by atoms with Crippen LogP contribution in [0.15, 0.2) is 114 Å². The average molecular weight is 555 g/mol. The summed E-state index contributed by atoms with van der Waals surface area (Å²) >= 11 is 0. The van der Waals surface area contributed by atoms with Gasteiger partial charge in [0.15, 0.2) is 0 Å². The van der Waals surface area contributed by atoms with Crippen molar-refractivity contribution < 1.29 is 5.11 Å². The van der Waals surface area contributed by atoms with Crippen molar-refractivity contribution in [3.63, 3.8) is 0 Å². The van der Waals surface area contributed by atoms with E-state index in [1.54, 1.807) is 0 Å². The summed E-state index contributed by atoms with van der Waals surface area (Å²) in [5.41, 5.74) is 5.91. The topological polar surface area (TPSA) is 26.7 Å². The summed E-state index contributed by atoms with van der Waals surface area (Å²) in [5, 5.41) is 14.0. The molecule has 4 aromatic carbocycles. The first kappa shape index (κ1) is 31.1. The predicted octanol–water partition coefficient (Wildman–Crippen LogP) is 4.55. The minimum atomic E-state index is -1.23. The molecule has 0 heterocycles. The third kappa shape index (κ3) is 7.91. The van der Waals surface area contributed by atoms with Gasteiger partial charge in [0.1, 0.15) is 13.4 Å². The van der Waals surface area contributed by atoms with Crippen LogP contribution in [-0.4, -0.2) is 57.0 Å². The number of rotatable bonds is 12. The van der Waals surface area contributed by atoms with E-state index in [-0.39, 0.29) is 0 Å². The monoisotopic (exact) mass is 554 g/mol. The maximum Gasteiger partial charge on any atom is 0.116 e. The van der Waals surface area contributed by atoms with Gasteiger partial charge < -0.3 is 14.9 Å². The third-order valence-corrected chi connectivity index (χ3v) is 8.11. The van der Waals surface area contributed by atoms with E-state index in [2.05, 4.69) is 91.0 Å². The molecule has 0 saturated carbocycles. The van der Waals surface area contributed by atoms with Crippen LogP contribution in [0.4, 0.5) is 0 Å². The van der Waals surface area contributed by atoms with Gasteiger partial charge in [0, 0.05) is 25.8 Å². The number of allylic oxidation sites excluding steroid dienone is 2. The SMILES string of the molecule is [B]c1cc(C(O)(CCN(C)C)c2ccccc2)c(=C)/c(=C\C(Cc2ccccc2)=C(/C)N(C)CCc2ccccc2)c1. The molecule has 0 aromatic heterocycles. The van der Waals surface area contributed by atoms with Crippen LogP contribution in [0, 0.1) is 0 Å². The van der Waals surface area contributed by atoms with Crippen molar-refractivity contribution in [2.24, 2.45) is 0 Å². The van der Waals surface area contributed by atoms with E-state index in [1.807, 2.05) is 62.6 Å². The Balaban J connectivity index is 1.82. The van der Waals surface area contributed by atoms with E-state index < -0.39 is 5.60 Å². The molecule has 0 spiro atoms. The van der Waals surface area contributed by atoms with Crippen molar-refractivity contribution >= 4 is 26.0 Å². The summed E-state index contributed by atoms with van der Waals surface area (Å²) < 4.78 is 0. The highest BCUT2D eigenvalue weighted by molar-refractivity contribution is 6.32.